The number of hydrogen-bond donors (Lipinski definition) is 6. The van der Waals surface area contributed by atoms with Gasteiger partial charge >= 0.3 is 0 Å². The average Bonchev–Trinajstić information content (AvgIpc) is 2.29. The lowest BCUT2D eigenvalue weighted by Crippen LogP contribution is -2.71. The molecule has 0 aromatic heterocycles. The summed E-state index contributed by atoms with van der Waals surface area (Å²) in [4.78, 5) is 10.9. The van der Waals surface area contributed by atoms with Crippen molar-refractivity contribution in [3.8, 4) is 0 Å². The summed E-state index contributed by atoms with van der Waals surface area (Å²) in [6.07, 6.45) is -4.29. The van der Waals surface area contributed by atoms with Crippen molar-refractivity contribution < 1.29 is 35.1 Å². The fourth-order valence-electron chi connectivity index (χ4n) is 1.79. The number of amides is 1. The molecule has 0 saturated carbocycles. The van der Waals surface area contributed by atoms with Crippen molar-refractivity contribution in [2.24, 2.45) is 0 Å². The van der Waals surface area contributed by atoms with Gasteiger partial charge in [-0.3, -0.25) is 4.79 Å². The Balaban J connectivity index is 2.95. The molecular formula is C9H17NO7. The Kier molecular flexibility index (Phi) is 4.42. The molecule has 100 valence electrons. The van der Waals surface area contributed by atoms with Crippen LogP contribution in [0.3, 0.4) is 0 Å². The minimum atomic E-state index is -2.25. The van der Waals surface area contributed by atoms with Gasteiger partial charge in [0.05, 0.1) is 13.2 Å². The number of aliphatic hydroxyl groups is 5. The Morgan fingerprint density at radius 2 is 1.94 bits per heavy atom. The molecule has 0 bridgehead atoms. The van der Waals surface area contributed by atoms with E-state index in [-0.39, 0.29) is 0 Å². The van der Waals surface area contributed by atoms with Crippen LogP contribution < -0.4 is 5.32 Å². The van der Waals surface area contributed by atoms with Crippen LogP contribution in [0.2, 0.25) is 0 Å². The van der Waals surface area contributed by atoms with E-state index >= 15 is 0 Å². The van der Waals surface area contributed by atoms with E-state index in [1.165, 1.54) is 0 Å². The van der Waals surface area contributed by atoms with Gasteiger partial charge in [-0.25, -0.2) is 0 Å². The number of aliphatic hydroxyl groups excluding tert-OH is 4. The zero-order valence-electron chi connectivity index (χ0n) is 9.28. The Bertz CT molecular complexity index is 287. The van der Waals surface area contributed by atoms with Gasteiger partial charge in [0.15, 0.2) is 0 Å². The zero-order chi connectivity index (χ0) is 13.2. The lowest BCUT2D eigenvalue weighted by Gasteiger charge is -2.46. The molecule has 0 radical (unpaired) electrons. The largest absolute Gasteiger partial charge is 0.394 e. The molecule has 6 N–H and O–H groups in total. The second-order valence-electron chi connectivity index (χ2n) is 4.00. The lowest BCUT2D eigenvalue weighted by molar-refractivity contribution is -0.328. The van der Waals surface area contributed by atoms with Gasteiger partial charge in [0.1, 0.15) is 24.4 Å². The summed E-state index contributed by atoms with van der Waals surface area (Å²) < 4.78 is 4.90. The third kappa shape index (κ3) is 2.73. The van der Waals surface area contributed by atoms with E-state index in [0.29, 0.717) is 0 Å². The van der Waals surface area contributed by atoms with Crippen molar-refractivity contribution in [3.05, 3.63) is 0 Å². The standard InChI is InChI=1S/C9H17NO7/c1-4(13)10-8-7(15)6(14)5(2-11)17-9(8,16)3-12/h5-8,11-12,14-16H,2-3H2,1H3,(H,10,13)/t5-,6-,7+,8-,9+/m1/s1. The number of rotatable bonds is 3. The summed E-state index contributed by atoms with van der Waals surface area (Å²) in [6, 6.07) is -1.39. The van der Waals surface area contributed by atoms with E-state index < -0.39 is 49.3 Å². The highest BCUT2D eigenvalue weighted by Gasteiger charge is 2.53. The first-order valence-electron chi connectivity index (χ1n) is 5.11. The molecule has 1 amide bonds. The fraction of sp³-hybridized carbons (Fsp3) is 0.889. The van der Waals surface area contributed by atoms with E-state index in [0.717, 1.165) is 6.92 Å². The topological polar surface area (TPSA) is 139 Å². The molecule has 1 heterocycles. The smallest absolute Gasteiger partial charge is 0.217 e. The maximum atomic E-state index is 10.9. The molecule has 5 atom stereocenters. The normalized spacial score (nSPS) is 42.2. The summed E-state index contributed by atoms with van der Waals surface area (Å²) in [5.41, 5.74) is 0. The summed E-state index contributed by atoms with van der Waals surface area (Å²) in [6.45, 7) is -0.402. The first kappa shape index (κ1) is 14.3. The van der Waals surface area contributed by atoms with Crippen LogP contribution in [0.5, 0.6) is 0 Å². The second-order valence-corrected chi connectivity index (χ2v) is 4.00. The van der Waals surface area contributed by atoms with E-state index in [4.69, 9.17) is 14.9 Å². The molecule has 0 aliphatic carbocycles. The highest BCUT2D eigenvalue weighted by Crippen LogP contribution is 2.27. The SMILES string of the molecule is CC(=O)N[C@@H]1[C@@H](O)[C@H](O)[C@@H](CO)O[C@@]1(O)CO. The molecule has 1 saturated heterocycles. The number of ether oxygens (including phenoxy) is 1. The minimum Gasteiger partial charge on any atom is -0.394 e. The molecule has 1 rings (SSSR count). The van der Waals surface area contributed by atoms with Gasteiger partial charge in [-0.1, -0.05) is 0 Å². The van der Waals surface area contributed by atoms with Crippen LogP contribution in [-0.2, 0) is 9.53 Å². The van der Waals surface area contributed by atoms with Crippen LogP contribution in [0, 0.1) is 0 Å². The van der Waals surface area contributed by atoms with E-state index in [1.54, 1.807) is 0 Å². The highest BCUT2D eigenvalue weighted by atomic mass is 16.7. The third-order valence-corrected chi connectivity index (χ3v) is 2.68. The fourth-order valence-corrected chi connectivity index (χ4v) is 1.79. The van der Waals surface area contributed by atoms with Gasteiger partial charge in [-0.15, -0.1) is 0 Å². The molecule has 8 heteroatoms. The van der Waals surface area contributed by atoms with E-state index in [1.807, 2.05) is 0 Å². The first-order valence-corrected chi connectivity index (χ1v) is 5.11. The van der Waals surface area contributed by atoms with Crippen molar-refractivity contribution in [2.75, 3.05) is 13.2 Å². The Morgan fingerprint density at radius 3 is 2.35 bits per heavy atom. The summed E-state index contributed by atoms with van der Waals surface area (Å²) >= 11 is 0. The van der Waals surface area contributed by atoms with Crippen molar-refractivity contribution in [3.63, 3.8) is 0 Å². The molecule has 0 unspecified atom stereocenters. The number of carbonyl (C=O) groups is 1. The molecule has 0 aromatic carbocycles. The highest BCUT2D eigenvalue weighted by molar-refractivity contribution is 5.73. The Labute approximate surface area is 97.4 Å². The number of carbonyl (C=O) groups excluding carboxylic acids is 1. The van der Waals surface area contributed by atoms with Crippen molar-refractivity contribution in [1.82, 2.24) is 5.32 Å². The van der Waals surface area contributed by atoms with Crippen LogP contribution in [0.4, 0.5) is 0 Å². The van der Waals surface area contributed by atoms with Crippen molar-refractivity contribution in [1.29, 1.82) is 0 Å². The predicted molar refractivity (Wildman–Crippen MR) is 53.6 cm³/mol. The maximum Gasteiger partial charge on any atom is 0.217 e. The van der Waals surface area contributed by atoms with Gasteiger partial charge in [-0.2, -0.15) is 0 Å². The maximum absolute atomic E-state index is 10.9. The molecule has 8 nitrogen and oxygen atoms in total. The molecule has 0 spiro atoms. The average molecular weight is 251 g/mol. The molecule has 1 aliphatic rings. The number of nitrogens with one attached hydrogen (secondary N) is 1. The first-order chi connectivity index (χ1) is 7.85. The third-order valence-electron chi connectivity index (χ3n) is 2.68. The van der Waals surface area contributed by atoms with Crippen LogP contribution in [0.1, 0.15) is 6.92 Å². The van der Waals surface area contributed by atoms with Crippen LogP contribution in [0.15, 0.2) is 0 Å². The quantitative estimate of drug-likeness (QED) is 0.303. The second kappa shape index (κ2) is 5.25. The summed E-state index contributed by atoms with van der Waals surface area (Å²) in [5.74, 6) is -2.82. The van der Waals surface area contributed by atoms with Crippen LogP contribution in [-0.4, -0.2) is 74.8 Å². The summed E-state index contributed by atoms with van der Waals surface area (Å²) in [7, 11) is 0. The van der Waals surface area contributed by atoms with Crippen LogP contribution in [0.25, 0.3) is 0 Å². The number of hydrogen-bond acceptors (Lipinski definition) is 7. The van der Waals surface area contributed by atoms with Gasteiger partial charge < -0.3 is 35.6 Å². The molecular weight excluding hydrogens is 234 g/mol. The lowest BCUT2D eigenvalue weighted by atomic mass is 9.90. The molecule has 17 heavy (non-hydrogen) atoms. The van der Waals surface area contributed by atoms with Gasteiger partial charge in [0.2, 0.25) is 11.7 Å². The summed E-state index contributed by atoms with van der Waals surface area (Å²) in [5, 5.41) is 49.3. The van der Waals surface area contributed by atoms with Gasteiger partial charge in [0, 0.05) is 6.92 Å². The molecule has 1 aliphatic heterocycles. The molecule has 1 fully saturated rings. The van der Waals surface area contributed by atoms with Gasteiger partial charge in [-0.05, 0) is 0 Å². The Morgan fingerprint density at radius 1 is 1.35 bits per heavy atom. The monoisotopic (exact) mass is 251 g/mol. The van der Waals surface area contributed by atoms with E-state index in [2.05, 4.69) is 5.32 Å². The molecule has 0 aromatic rings. The zero-order valence-corrected chi connectivity index (χ0v) is 9.28. The van der Waals surface area contributed by atoms with E-state index in [9.17, 15) is 20.1 Å². The van der Waals surface area contributed by atoms with Crippen LogP contribution >= 0.6 is 0 Å². The van der Waals surface area contributed by atoms with Gasteiger partial charge in [0.25, 0.3) is 0 Å². The van der Waals surface area contributed by atoms with Crippen molar-refractivity contribution in [2.45, 2.75) is 37.1 Å². The minimum absolute atomic E-state index is 0.570. The Hall–Kier alpha value is -0.770. The van der Waals surface area contributed by atoms with Crippen molar-refractivity contribution >= 4 is 5.91 Å². The predicted octanol–water partition coefficient (Wildman–Crippen LogP) is -3.72.